The van der Waals surface area contributed by atoms with Crippen LogP contribution in [0.1, 0.15) is 39.5 Å². The summed E-state index contributed by atoms with van der Waals surface area (Å²) in [4.78, 5) is 19.4. The van der Waals surface area contributed by atoms with Gasteiger partial charge in [-0.3, -0.25) is 0 Å². The van der Waals surface area contributed by atoms with Crippen molar-refractivity contribution in [3.05, 3.63) is 0 Å². The molecule has 0 spiro atoms. The van der Waals surface area contributed by atoms with E-state index in [9.17, 15) is 19.8 Å². The first-order chi connectivity index (χ1) is 7.33. The second kappa shape index (κ2) is 13.7. The number of aliphatic hydroxyl groups excluding tert-OH is 2. The van der Waals surface area contributed by atoms with Gasteiger partial charge in [-0.1, -0.05) is 13.8 Å². The van der Waals surface area contributed by atoms with Crippen molar-refractivity contribution in [1.82, 2.24) is 0 Å². The Hall–Kier alpha value is -0.374. The minimum atomic E-state index is -1.20. The molecule has 0 aromatic heterocycles. The minimum absolute atomic E-state index is 0. The van der Waals surface area contributed by atoms with Crippen LogP contribution in [0.4, 0.5) is 0 Å². The fourth-order valence-electron chi connectivity index (χ4n) is 0.673. The average molecular weight is 259 g/mol. The van der Waals surface area contributed by atoms with Crippen molar-refractivity contribution in [1.29, 1.82) is 0 Å². The number of hydrogen-bond donors (Lipinski definition) is 2. The van der Waals surface area contributed by atoms with Crippen molar-refractivity contribution >= 4 is 35.0 Å². The number of hydrogen-bond acceptors (Lipinski definition) is 6. The summed E-state index contributed by atoms with van der Waals surface area (Å²) in [6, 6.07) is 0. The third-order valence-corrected chi connectivity index (χ3v) is 1.75. The SMILES string of the molecule is CCC(O)CC(=O)[O-].CCC(O)CC(=O)[O-].[Mg+2]. The van der Waals surface area contributed by atoms with E-state index < -0.39 is 24.1 Å². The molecular weight excluding hydrogens is 240 g/mol. The molecule has 0 rings (SSSR count). The molecule has 0 saturated heterocycles. The van der Waals surface area contributed by atoms with Gasteiger partial charge in [0, 0.05) is 24.8 Å². The molecule has 0 aliphatic carbocycles. The predicted molar refractivity (Wildman–Crippen MR) is 57.6 cm³/mol. The minimum Gasteiger partial charge on any atom is -0.550 e. The summed E-state index contributed by atoms with van der Waals surface area (Å²) in [5.41, 5.74) is 0. The molecular formula is C10H18MgO6. The standard InChI is InChI=1S/2C5H10O3.Mg/c2*1-2-4(6)3-5(7)8;/h2*4,6H,2-3H2,1H3,(H,7,8);/q;;+2/p-2. The molecule has 2 N–H and O–H groups in total. The third kappa shape index (κ3) is 21.5. The second-order valence-corrected chi connectivity index (χ2v) is 3.28. The molecule has 7 heteroatoms. The molecule has 0 heterocycles. The fraction of sp³-hybridized carbons (Fsp3) is 0.800. The second-order valence-electron chi connectivity index (χ2n) is 3.28. The average Bonchev–Trinajstić information content (AvgIpc) is 2.16. The molecule has 0 aromatic rings. The van der Waals surface area contributed by atoms with Crippen LogP contribution in [-0.2, 0) is 9.59 Å². The topological polar surface area (TPSA) is 121 Å². The molecule has 2 atom stereocenters. The monoisotopic (exact) mass is 258 g/mol. The van der Waals surface area contributed by atoms with E-state index in [1.807, 2.05) is 0 Å². The van der Waals surface area contributed by atoms with Crippen LogP contribution in [0, 0.1) is 0 Å². The molecule has 0 aliphatic rings. The Labute approximate surface area is 117 Å². The number of rotatable bonds is 6. The number of carboxylic acid groups (broad SMARTS) is 2. The summed E-state index contributed by atoms with van der Waals surface area (Å²) in [5, 5.41) is 36.6. The van der Waals surface area contributed by atoms with Crippen molar-refractivity contribution < 1.29 is 30.0 Å². The Bertz CT molecular complexity index is 187. The van der Waals surface area contributed by atoms with Gasteiger partial charge in [-0.15, -0.1) is 0 Å². The van der Waals surface area contributed by atoms with E-state index in [0.717, 1.165) is 0 Å². The molecule has 96 valence electrons. The molecule has 0 fully saturated rings. The van der Waals surface area contributed by atoms with Crippen molar-refractivity contribution in [2.24, 2.45) is 0 Å². The van der Waals surface area contributed by atoms with Gasteiger partial charge >= 0.3 is 23.1 Å². The maximum Gasteiger partial charge on any atom is 2.00 e. The van der Waals surface area contributed by atoms with Crippen molar-refractivity contribution in [3.63, 3.8) is 0 Å². The molecule has 0 bridgehead atoms. The van der Waals surface area contributed by atoms with Crippen molar-refractivity contribution in [3.8, 4) is 0 Å². The normalized spacial score (nSPS) is 12.5. The smallest absolute Gasteiger partial charge is 0.550 e. The number of carbonyl (C=O) groups excluding carboxylic acids is 2. The number of aliphatic hydroxyl groups is 2. The van der Waals surface area contributed by atoms with Crippen LogP contribution in [0.2, 0.25) is 0 Å². The maximum absolute atomic E-state index is 9.70. The largest absolute Gasteiger partial charge is 2.00 e. The van der Waals surface area contributed by atoms with Crippen molar-refractivity contribution in [2.75, 3.05) is 0 Å². The van der Waals surface area contributed by atoms with Crippen LogP contribution in [0.5, 0.6) is 0 Å². The number of carboxylic acids is 2. The van der Waals surface area contributed by atoms with Crippen LogP contribution in [0.3, 0.4) is 0 Å². The van der Waals surface area contributed by atoms with E-state index in [1.165, 1.54) is 0 Å². The van der Waals surface area contributed by atoms with Crippen LogP contribution in [0.15, 0.2) is 0 Å². The first-order valence-corrected chi connectivity index (χ1v) is 5.09. The van der Waals surface area contributed by atoms with Crippen LogP contribution in [-0.4, -0.2) is 57.4 Å². The van der Waals surface area contributed by atoms with E-state index in [1.54, 1.807) is 13.8 Å². The zero-order valence-corrected chi connectivity index (χ0v) is 11.6. The van der Waals surface area contributed by atoms with Crippen LogP contribution < -0.4 is 10.2 Å². The molecule has 6 nitrogen and oxygen atoms in total. The van der Waals surface area contributed by atoms with Gasteiger partial charge in [0.2, 0.25) is 0 Å². The van der Waals surface area contributed by atoms with Gasteiger partial charge in [0.15, 0.2) is 0 Å². The molecule has 0 saturated carbocycles. The molecule has 0 aliphatic heterocycles. The third-order valence-electron chi connectivity index (χ3n) is 1.75. The summed E-state index contributed by atoms with van der Waals surface area (Å²) in [5.74, 6) is -2.39. The predicted octanol–water partition coefficient (Wildman–Crippen LogP) is -2.59. The van der Waals surface area contributed by atoms with Gasteiger partial charge in [0.1, 0.15) is 0 Å². The summed E-state index contributed by atoms with van der Waals surface area (Å²) in [7, 11) is 0. The zero-order chi connectivity index (χ0) is 13.1. The van der Waals surface area contributed by atoms with Gasteiger partial charge in [0.25, 0.3) is 0 Å². The molecule has 0 aromatic carbocycles. The van der Waals surface area contributed by atoms with Gasteiger partial charge in [0.05, 0.1) is 12.2 Å². The van der Waals surface area contributed by atoms with Crippen LogP contribution >= 0.6 is 0 Å². The van der Waals surface area contributed by atoms with E-state index in [0.29, 0.717) is 12.8 Å². The van der Waals surface area contributed by atoms with Crippen LogP contribution in [0.25, 0.3) is 0 Å². The number of carbonyl (C=O) groups is 2. The first-order valence-electron chi connectivity index (χ1n) is 5.09. The molecule has 17 heavy (non-hydrogen) atoms. The summed E-state index contributed by atoms with van der Waals surface area (Å²) in [6.07, 6.45) is -1.05. The first kappa shape index (κ1) is 21.9. The summed E-state index contributed by atoms with van der Waals surface area (Å²) >= 11 is 0. The van der Waals surface area contributed by atoms with Gasteiger partial charge < -0.3 is 30.0 Å². The quantitative estimate of drug-likeness (QED) is 0.505. The van der Waals surface area contributed by atoms with E-state index in [-0.39, 0.29) is 35.9 Å². The Morgan fingerprint density at radius 2 is 1.18 bits per heavy atom. The Morgan fingerprint density at radius 1 is 0.941 bits per heavy atom. The van der Waals surface area contributed by atoms with Crippen molar-refractivity contribution in [2.45, 2.75) is 51.7 Å². The fourth-order valence-corrected chi connectivity index (χ4v) is 0.673. The Morgan fingerprint density at radius 3 is 1.24 bits per heavy atom. The Balaban J connectivity index is -0.000000218. The molecule has 0 amide bonds. The zero-order valence-electron chi connectivity index (χ0n) is 10.2. The molecule has 0 radical (unpaired) electrons. The molecule has 2 unspecified atom stereocenters. The van der Waals surface area contributed by atoms with Gasteiger partial charge in [-0.05, 0) is 12.8 Å². The summed E-state index contributed by atoms with van der Waals surface area (Å²) < 4.78 is 0. The van der Waals surface area contributed by atoms with E-state index in [4.69, 9.17) is 10.2 Å². The maximum atomic E-state index is 9.70. The summed E-state index contributed by atoms with van der Waals surface area (Å²) in [6.45, 7) is 3.43. The Kier molecular flexibility index (Phi) is 17.6. The van der Waals surface area contributed by atoms with E-state index in [2.05, 4.69) is 0 Å². The number of aliphatic carboxylic acids is 2. The van der Waals surface area contributed by atoms with E-state index >= 15 is 0 Å². The van der Waals surface area contributed by atoms with Gasteiger partial charge in [-0.25, -0.2) is 0 Å². The van der Waals surface area contributed by atoms with Gasteiger partial charge in [-0.2, -0.15) is 0 Å².